The topological polar surface area (TPSA) is 52.0 Å². The van der Waals surface area contributed by atoms with Gasteiger partial charge in [-0.2, -0.15) is 4.98 Å². The molecule has 0 aliphatic rings. The number of nitrogens with zero attached hydrogens (tertiary/aromatic N) is 1. The number of nitrogen functional groups attached to an aromatic ring is 1. The number of rotatable bonds is 2. The van der Waals surface area contributed by atoms with Gasteiger partial charge in [-0.15, -0.1) is 0 Å². The minimum absolute atomic E-state index is 0.206. The molecular formula is C16H14N2O. The highest BCUT2D eigenvalue weighted by Gasteiger charge is 2.10. The van der Waals surface area contributed by atoms with E-state index in [9.17, 15) is 0 Å². The second-order valence-electron chi connectivity index (χ2n) is 4.41. The van der Waals surface area contributed by atoms with Gasteiger partial charge in [0.25, 0.3) is 6.01 Å². The summed E-state index contributed by atoms with van der Waals surface area (Å²) in [6, 6.07) is 18.6. The van der Waals surface area contributed by atoms with E-state index in [-0.39, 0.29) is 6.01 Å². The molecule has 19 heavy (non-hydrogen) atoms. The first-order chi connectivity index (χ1) is 9.24. The Hall–Kier alpha value is -2.55. The molecule has 3 nitrogen and oxygen atoms in total. The SMILES string of the molecule is Cc1nc(N)oc1-c1cccc(-c2ccccc2)c1. The van der Waals surface area contributed by atoms with Crippen LogP contribution in [0.2, 0.25) is 0 Å². The molecule has 3 rings (SSSR count). The lowest BCUT2D eigenvalue weighted by atomic mass is 10.0. The Kier molecular flexibility index (Phi) is 2.80. The van der Waals surface area contributed by atoms with Crippen LogP contribution >= 0.6 is 0 Å². The van der Waals surface area contributed by atoms with Gasteiger partial charge in [-0.3, -0.25) is 0 Å². The quantitative estimate of drug-likeness (QED) is 0.750. The molecule has 0 spiro atoms. The summed E-state index contributed by atoms with van der Waals surface area (Å²) in [4.78, 5) is 4.10. The molecule has 94 valence electrons. The van der Waals surface area contributed by atoms with E-state index in [1.807, 2.05) is 37.3 Å². The van der Waals surface area contributed by atoms with Gasteiger partial charge >= 0.3 is 0 Å². The van der Waals surface area contributed by atoms with Gasteiger partial charge in [0.15, 0.2) is 5.76 Å². The number of hydrogen-bond acceptors (Lipinski definition) is 3. The summed E-state index contributed by atoms with van der Waals surface area (Å²) in [6.45, 7) is 1.89. The highest BCUT2D eigenvalue weighted by atomic mass is 16.4. The summed E-state index contributed by atoms with van der Waals surface area (Å²) in [5.74, 6) is 0.732. The number of aryl methyl sites for hydroxylation is 1. The van der Waals surface area contributed by atoms with Gasteiger partial charge in [0.1, 0.15) is 0 Å². The minimum Gasteiger partial charge on any atom is -0.423 e. The Bertz CT molecular complexity index is 702. The van der Waals surface area contributed by atoms with Gasteiger partial charge in [0.2, 0.25) is 0 Å². The van der Waals surface area contributed by atoms with Crippen molar-refractivity contribution >= 4 is 6.01 Å². The summed E-state index contributed by atoms with van der Waals surface area (Å²) in [5.41, 5.74) is 9.71. The molecular weight excluding hydrogens is 236 g/mol. The summed E-state index contributed by atoms with van der Waals surface area (Å²) in [5, 5.41) is 0. The standard InChI is InChI=1S/C16H14N2O/c1-11-15(19-16(17)18-11)14-9-5-8-13(10-14)12-6-3-2-4-7-12/h2-10H,1H3,(H2,17,18). The Morgan fingerprint density at radius 2 is 1.58 bits per heavy atom. The van der Waals surface area contributed by atoms with Crippen molar-refractivity contribution in [3.8, 4) is 22.5 Å². The van der Waals surface area contributed by atoms with Crippen molar-refractivity contribution in [1.29, 1.82) is 0 Å². The van der Waals surface area contributed by atoms with Crippen LogP contribution in [-0.4, -0.2) is 4.98 Å². The van der Waals surface area contributed by atoms with Crippen LogP contribution in [0.15, 0.2) is 59.0 Å². The normalized spacial score (nSPS) is 10.6. The molecule has 0 aliphatic carbocycles. The summed E-state index contributed by atoms with van der Waals surface area (Å²) in [7, 11) is 0. The van der Waals surface area contributed by atoms with Crippen molar-refractivity contribution in [1.82, 2.24) is 4.98 Å². The third-order valence-corrected chi connectivity index (χ3v) is 3.05. The van der Waals surface area contributed by atoms with Crippen molar-refractivity contribution < 1.29 is 4.42 Å². The summed E-state index contributed by atoms with van der Waals surface area (Å²) < 4.78 is 5.46. The second-order valence-corrected chi connectivity index (χ2v) is 4.41. The Labute approximate surface area is 111 Å². The fraction of sp³-hybridized carbons (Fsp3) is 0.0625. The molecule has 0 fully saturated rings. The number of anilines is 1. The Morgan fingerprint density at radius 1 is 0.895 bits per heavy atom. The maximum atomic E-state index is 5.59. The van der Waals surface area contributed by atoms with Crippen LogP contribution in [0.4, 0.5) is 6.01 Å². The van der Waals surface area contributed by atoms with Gasteiger partial charge in [0.05, 0.1) is 5.69 Å². The zero-order chi connectivity index (χ0) is 13.2. The van der Waals surface area contributed by atoms with E-state index in [1.54, 1.807) is 0 Å². The van der Waals surface area contributed by atoms with Gasteiger partial charge in [0, 0.05) is 5.56 Å². The van der Waals surface area contributed by atoms with Crippen LogP contribution < -0.4 is 5.73 Å². The largest absolute Gasteiger partial charge is 0.423 e. The molecule has 1 aromatic heterocycles. The molecule has 0 bridgehead atoms. The molecule has 0 aliphatic heterocycles. The molecule has 0 saturated carbocycles. The molecule has 3 heteroatoms. The molecule has 0 saturated heterocycles. The van der Waals surface area contributed by atoms with Crippen LogP contribution in [0.25, 0.3) is 22.5 Å². The van der Waals surface area contributed by atoms with E-state index in [2.05, 4.69) is 29.2 Å². The van der Waals surface area contributed by atoms with Gasteiger partial charge in [-0.25, -0.2) is 0 Å². The van der Waals surface area contributed by atoms with Gasteiger partial charge in [-0.1, -0.05) is 48.5 Å². The van der Waals surface area contributed by atoms with E-state index in [0.29, 0.717) is 0 Å². The molecule has 1 heterocycles. The van der Waals surface area contributed by atoms with Crippen molar-refractivity contribution in [3.63, 3.8) is 0 Å². The van der Waals surface area contributed by atoms with Crippen LogP contribution in [0, 0.1) is 6.92 Å². The predicted molar refractivity (Wildman–Crippen MR) is 76.5 cm³/mol. The first-order valence-corrected chi connectivity index (χ1v) is 6.13. The molecule has 2 N–H and O–H groups in total. The van der Waals surface area contributed by atoms with Crippen molar-refractivity contribution in [2.45, 2.75) is 6.92 Å². The number of hydrogen-bond donors (Lipinski definition) is 1. The highest BCUT2D eigenvalue weighted by molar-refractivity contribution is 5.71. The van der Waals surface area contributed by atoms with Crippen LogP contribution in [-0.2, 0) is 0 Å². The van der Waals surface area contributed by atoms with Crippen LogP contribution in [0.3, 0.4) is 0 Å². The van der Waals surface area contributed by atoms with Crippen molar-refractivity contribution in [2.75, 3.05) is 5.73 Å². The van der Waals surface area contributed by atoms with E-state index < -0.39 is 0 Å². The van der Waals surface area contributed by atoms with E-state index in [4.69, 9.17) is 10.2 Å². The average Bonchev–Trinajstić information content (AvgIpc) is 2.79. The molecule has 2 aromatic carbocycles. The fourth-order valence-corrected chi connectivity index (χ4v) is 2.16. The zero-order valence-electron chi connectivity index (χ0n) is 10.6. The predicted octanol–water partition coefficient (Wildman–Crippen LogP) is 3.90. The average molecular weight is 250 g/mol. The second kappa shape index (κ2) is 4.61. The minimum atomic E-state index is 0.206. The number of aromatic nitrogens is 1. The van der Waals surface area contributed by atoms with Crippen LogP contribution in [0.1, 0.15) is 5.69 Å². The Morgan fingerprint density at radius 3 is 2.26 bits per heavy atom. The Balaban J connectivity index is 2.08. The molecule has 3 aromatic rings. The van der Waals surface area contributed by atoms with Crippen LogP contribution in [0.5, 0.6) is 0 Å². The smallest absolute Gasteiger partial charge is 0.292 e. The maximum absolute atomic E-state index is 5.59. The number of benzene rings is 2. The first-order valence-electron chi connectivity index (χ1n) is 6.13. The molecule has 0 amide bonds. The summed E-state index contributed by atoms with van der Waals surface area (Å²) >= 11 is 0. The molecule has 0 radical (unpaired) electrons. The molecule has 0 atom stereocenters. The first kappa shape index (κ1) is 11.5. The highest BCUT2D eigenvalue weighted by Crippen LogP contribution is 2.29. The lowest BCUT2D eigenvalue weighted by molar-refractivity contribution is 0.594. The van der Waals surface area contributed by atoms with E-state index in [1.165, 1.54) is 5.56 Å². The lowest BCUT2D eigenvalue weighted by Crippen LogP contribution is -1.82. The number of nitrogens with two attached hydrogens (primary N) is 1. The summed E-state index contributed by atoms with van der Waals surface area (Å²) in [6.07, 6.45) is 0. The van der Waals surface area contributed by atoms with Gasteiger partial charge in [-0.05, 0) is 24.1 Å². The van der Waals surface area contributed by atoms with Crippen molar-refractivity contribution in [2.24, 2.45) is 0 Å². The maximum Gasteiger partial charge on any atom is 0.292 e. The van der Waals surface area contributed by atoms with Gasteiger partial charge < -0.3 is 10.2 Å². The van der Waals surface area contributed by atoms with E-state index >= 15 is 0 Å². The third kappa shape index (κ3) is 2.22. The number of oxazole rings is 1. The lowest BCUT2D eigenvalue weighted by Gasteiger charge is -2.04. The van der Waals surface area contributed by atoms with E-state index in [0.717, 1.165) is 22.6 Å². The zero-order valence-corrected chi connectivity index (χ0v) is 10.6. The monoisotopic (exact) mass is 250 g/mol. The fourth-order valence-electron chi connectivity index (χ4n) is 2.16. The third-order valence-electron chi connectivity index (χ3n) is 3.05. The molecule has 0 unspecified atom stereocenters. The van der Waals surface area contributed by atoms with Crippen molar-refractivity contribution in [3.05, 3.63) is 60.3 Å².